The van der Waals surface area contributed by atoms with Crippen molar-refractivity contribution in [2.24, 2.45) is 0 Å². The largest absolute Gasteiger partial charge is 0.479 e. The van der Waals surface area contributed by atoms with Crippen LogP contribution in [0.2, 0.25) is 5.02 Å². The van der Waals surface area contributed by atoms with Crippen molar-refractivity contribution in [1.82, 2.24) is 10.6 Å². The van der Waals surface area contributed by atoms with Gasteiger partial charge in [-0.25, -0.2) is 0 Å². The van der Waals surface area contributed by atoms with Gasteiger partial charge in [-0.3, -0.25) is 4.79 Å². The molecule has 1 aromatic rings. The molecule has 2 atom stereocenters. The van der Waals surface area contributed by atoms with Gasteiger partial charge >= 0.3 is 0 Å². The van der Waals surface area contributed by atoms with Gasteiger partial charge in [0.05, 0.1) is 5.02 Å². The first kappa shape index (κ1) is 14.2. The highest BCUT2D eigenvalue weighted by molar-refractivity contribution is 6.32. The summed E-state index contributed by atoms with van der Waals surface area (Å²) in [5.74, 6) is 0.445. The van der Waals surface area contributed by atoms with Crippen LogP contribution in [0.4, 0.5) is 0 Å². The minimum Gasteiger partial charge on any atom is -0.479 e. The Balaban J connectivity index is 1.93. The molecule has 0 saturated carbocycles. The standard InChI is InChI=1S/C14H19ClN2O2/c1-9-3-4-12(15)13(7-9)19-10(2)14(18)17-11-5-6-16-8-11/h3-4,7,10-11,16H,5-6,8H2,1-2H3,(H,17,18)/t10-,11-/m0/s1. The van der Waals surface area contributed by atoms with Gasteiger partial charge in [-0.05, 0) is 44.5 Å². The zero-order chi connectivity index (χ0) is 13.8. The predicted molar refractivity (Wildman–Crippen MR) is 75.7 cm³/mol. The van der Waals surface area contributed by atoms with Crippen LogP contribution < -0.4 is 15.4 Å². The maximum absolute atomic E-state index is 12.0. The van der Waals surface area contributed by atoms with Crippen molar-refractivity contribution in [2.45, 2.75) is 32.4 Å². The lowest BCUT2D eigenvalue weighted by molar-refractivity contribution is -0.127. The Bertz CT molecular complexity index is 459. The average molecular weight is 283 g/mol. The number of hydrogen-bond acceptors (Lipinski definition) is 3. The highest BCUT2D eigenvalue weighted by Gasteiger charge is 2.21. The predicted octanol–water partition coefficient (Wildman–Crippen LogP) is 1.89. The molecular formula is C14H19ClN2O2. The summed E-state index contributed by atoms with van der Waals surface area (Å²) in [4.78, 5) is 12.0. The van der Waals surface area contributed by atoms with Gasteiger partial charge in [-0.1, -0.05) is 17.7 Å². The van der Waals surface area contributed by atoms with E-state index in [1.165, 1.54) is 0 Å². The van der Waals surface area contributed by atoms with E-state index in [1.807, 2.05) is 19.1 Å². The Morgan fingerprint density at radius 2 is 2.37 bits per heavy atom. The second kappa shape index (κ2) is 6.26. The van der Waals surface area contributed by atoms with Crippen LogP contribution in [0.5, 0.6) is 5.75 Å². The van der Waals surface area contributed by atoms with E-state index in [0.717, 1.165) is 25.1 Å². The number of hydrogen-bond donors (Lipinski definition) is 2. The number of ether oxygens (including phenoxy) is 1. The molecule has 104 valence electrons. The highest BCUT2D eigenvalue weighted by Crippen LogP contribution is 2.26. The van der Waals surface area contributed by atoms with Crippen molar-refractivity contribution in [2.75, 3.05) is 13.1 Å². The van der Waals surface area contributed by atoms with Gasteiger partial charge < -0.3 is 15.4 Å². The normalized spacial score (nSPS) is 20.1. The van der Waals surface area contributed by atoms with Gasteiger partial charge in [0.1, 0.15) is 5.75 Å². The summed E-state index contributed by atoms with van der Waals surface area (Å²) >= 11 is 6.05. The third-order valence-corrected chi connectivity index (χ3v) is 3.48. The summed E-state index contributed by atoms with van der Waals surface area (Å²) in [5.41, 5.74) is 1.05. The first-order valence-electron chi connectivity index (χ1n) is 6.50. The molecule has 4 nitrogen and oxygen atoms in total. The van der Waals surface area contributed by atoms with Gasteiger partial charge in [0.2, 0.25) is 0 Å². The van der Waals surface area contributed by atoms with Crippen molar-refractivity contribution >= 4 is 17.5 Å². The van der Waals surface area contributed by atoms with Crippen LogP contribution in [-0.2, 0) is 4.79 Å². The molecule has 1 aromatic carbocycles. The molecule has 1 amide bonds. The number of rotatable bonds is 4. The Morgan fingerprint density at radius 1 is 1.58 bits per heavy atom. The number of benzene rings is 1. The third-order valence-electron chi connectivity index (χ3n) is 3.17. The zero-order valence-electron chi connectivity index (χ0n) is 11.2. The van der Waals surface area contributed by atoms with E-state index in [9.17, 15) is 4.79 Å². The van der Waals surface area contributed by atoms with E-state index in [4.69, 9.17) is 16.3 Å². The number of amides is 1. The maximum Gasteiger partial charge on any atom is 0.261 e. The van der Waals surface area contributed by atoms with Crippen LogP contribution in [0, 0.1) is 6.92 Å². The van der Waals surface area contributed by atoms with Crippen LogP contribution in [0.15, 0.2) is 18.2 Å². The minimum absolute atomic E-state index is 0.105. The fourth-order valence-corrected chi connectivity index (χ4v) is 2.20. The molecule has 2 rings (SSSR count). The molecule has 0 radical (unpaired) electrons. The van der Waals surface area contributed by atoms with Crippen molar-refractivity contribution < 1.29 is 9.53 Å². The van der Waals surface area contributed by atoms with Gasteiger partial charge in [0.15, 0.2) is 6.10 Å². The number of carbonyl (C=O) groups is 1. The monoisotopic (exact) mass is 282 g/mol. The average Bonchev–Trinajstić information content (AvgIpc) is 2.86. The lowest BCUT2D eigenvalue weighted by Gasteiger charge is -2.18. The van der Waals surface area contributed by atoms with Gasteiger partial charge in [0, 0.05) is 12.6 Å². The van der Waals surface area contributed by atoms with Crippen LogP contribution in [0.1, 0.15) is 18.9 Å². The van der Waals surface area contributed by atoms with Crippen molar-refractivity contribution in [3.8, 4) is 5.75 Å². The summed E-state index contributed by atoms with van der Waals surface area (Å²) in [6, 6.07) is 5.72. The second-order valence-electron chi connectivity index (χ2n) is 4.89. The van der Waals surface area contributed by atoms with Crippen LogP contribution in [-0.4, -0.2) is 31.1 Å². The Morgan fingerprint density at radius 3 is 3.05 bits per heavy atom. The fraction of sp³-hybridized carbons (Fsp3) is 0.500. The number of aryl methyl sites for hydroxylation is 1. The number of halogens is 1. The fourth-order valence-electron chi connectivity index (χ4n) is 2.04. The summed E-state index contributed by atoms with van der Waals surface area (Å²) in [6.07, 6.45) is 0.406. The quantitative estimate of drug-likeness (QED) is 0.887. The van der Waals surface area contributed by atoms with Crippen LogP contribution in [0.25, 0.3) is 0 Å². The van der Waals surface area contributed by atoms with E-state index < -0.39 is 6.10 Å². The van der Waals surface area contributed by atoms with Gasteiger partial charge in [-0.15, -0.1) is 0 Å². The van der Waals surface area contributed by atoms with Crippen LogP contribution in [0.3, 0.4) is 0 Å². The molecule has 0 bridgehead atoms. The first-order valence-corrected chi connectivity index (χ1v) is 6.88. The highest BCUT2D eigenvalue weighted by atomic mass is 35.5. The molecule has 1 fully saturated rings. The van der Waals surface area contributed by atoms with Gasteiger partial charge in [0.25, 0.3) is 5.91 Å². The molecule has 1 aliphatic rings. The Kier molecular flexibility index (Phi) is 4.66. The Labute approximate surface area is 118 Å². The van der Waals surface area contributed by atoms with E-state index in [-0.39, 0.29) is 11.9 Å². The summed E-state index contributed by atoms with van der Waals surface area (Å²) < 4.78 is 5.63. The van der Waals surface area contributed by atoms with E-state index in [0.29, 0.717) is 10.8 Å². The summed E-state index contributed by atoms with van der Waals surface area (Å²) in [6.45, 7) is 5.46. The molecule has 2 N–H and O–H groups in total. The number of nitrogens with one attached hydrogen (secondary N) is 2. The second-order valence-corrected chi connectivity index (χ2v) is 5.30. The topological polar surface area (TPSA) is 50.4 Å². The lowest BCUT2D eigenvalue weighted by Crippen LogP contribution is -2.43. The molecule has 0 unspecified atom stereocenters. The molecule has 1 aliphatic heterocycles. The summed E-state index contributed by atoms with van der Waals surface area (Å²) in [7, 11) is 0. The third kappa shape index (κ3) is 3.85. The van der Waals surface area contributed by atoms with E-state index in [1.54, 1.807) is 13.0 Å². The molecule has 19 heavy (non-hydrogen) atoms. The van der Waals surface area contributed by atoms with Crippen LogP contribution >= 0.6 is 11.6 Å². The van der Waals surface area contributed by atoms with E-state index >= 15 is 0 Å². The summed E-state index contributed by atoms with van der Waals surface area (Å²) in [5, 5.41) is 6.69. The van der Waals surface area contributed by atoms with Gasteiger partial charge in [-0.2, -0.15) is 0 Å². The smallest absolute Gasteiger partial charge is 0.261 e. The molecular weight excluding hydrogens is 264 g/mol. The van der Waals surface area contributed by atoms with Crippen molar-refractivity contribution in [3.05, 3.63) is 28.8 Å². The van der Waals surface area contributed by atoms with Crippen molar-refractivity contribution in [1.29, 1.82) is 0 Å². The molecule has 1 heterocycles. The zero-order valence-corrected chi connectivity index (χ0v) is 12.0. The molecule has 5 heteroatoms. The molecule has 0 spiro atoms. The lowest BCUT2D eigenvalue weighted by atomic mass is 10.2. The maximum atomic E-state index is 12.0. The van der Waals surface area contributed by atoms with E-state index in [2.05, 4.69) is 10.6 Å². The first-order chi connectivity index (χ1) is 9.06. The SMILES string of the molecule is Cc1ccc(Cl)c(O[C@@H](C)C(=O)N[C@H]2CCNC2)c1. The molecule has 0 aliphatic carbocycles. The molecule has 0 aromatic heterocycles. The number of carbonyl (C=O) groups excluding carboxylic acids is 1. The molecule has 1 saturated heterocycles. The minimum atomic E-state index is -0.556. The Hall–Kier alpha value is -1.26. The van der Waals surface area contributed by atoms with Crippen molar-refractivity contribution in [3.63, 3.8) is 0 Å².